The van der Waals surface area contributed by atoms with Crippen LogP contribution in [0.1, 0.15) is 11.1 Å². The second kappa shape index (κ2) is 9.98. The SMILES string of the molecule is O=C(O)CN1C(=O)/C(=C/c2ccc(OCc3ccccc3)cc2)SC1=Nc1ccccc1. The minimum absolute atomic E-state index is 0.345. The summed E-state index contributed by atoms with van der Waals surface area (Å²) < 4.78 is 5.80. The zero-order chi connectivity index (χ0) is 22.3. The van der Waals surface area contributed by atoms with Gasteiger partial charge in [0.15, 0.2) is 5.17 Å². The van der Waals surface area contributed by atoms with E-state index >= 15 is 0 Å². The van der Waals surface area contributed by atoms with Crippen molar-refractivity contribution in [3.63, 3.8) is 0 Å². The molecule has 1 heterocycles. The number of hydrogen-bond acceptors (Lipinski definition) is 5. The molecule has 6 nitrogen and oxygen atoms in total. The van der Waals surface area contributed by atoms with Gasteiger partial charge >= 0.3 is 5.97 Å². The highest BCUT2D eigenvalue weighted by atomic mass is 32.2. The number of hydrogen-bond donors (Lipinski definition) is 1. The van der Waals surface area contributed by atoms with E-state index in [-0.39, 0.29) is 5.91 Å². The van der Waals surface area contributed by atoms with Crippen LogP contribution in [0.25, 0.3) is 6.08 Å². The van der Waals surface area contributed by atoms with E-state index in [0.29, 0.717) is 22.4 Å². The molecule has 1 saturated heterocycles. The number of aliphatic imine (C=N–C) groups is 1. The summed E-state index contributed by atoms with van der Waals surface area (Å²) in [6, 6.07) is 26.4. The molecular formula is C25H20N2O4S. The fourth-order valence-corrected chi connectivity index (χ4v) is 4.03. The molecule has 1 fully saturated rings. The van der Waals surface area contributed by atoms with Gasteiger partial charge in [0.1, 0.15) is 18.9 Å². The number of thioether (sulfide) groups is 1. The summed E-state index contributed by atoms with van der Waals surface area (Å²) in [7, 11) is 0. The third-order valence-corrected chi connectivity index (χ3v) is 5.60. The topological polar surface area (TPSA) is 79.2 Å². The third-order valence-electron chi connectivity index (χ3n) is 4.59. The first-order chi connectivity index (χ1) is 15.6. The van der Waals surface area contributed by atoms with Gasteiger partial charge in [0.25, 0.3) is 5.91 Å². The maximum Gasteiger partial charge on any atom is 0.323 e. The van der Waals surface area contributed by atoms with Gasteiger partial charge in [0.2, 0.25) is 0 Å². The number of carbonyl (C=O) groups excluding carboxylic acids is 1. The standard InChI is InChI=1S/C25H20N2O4S/c28-23(29)16-27-24(30)22(32-25(27)26-20-9-5-2-6-10-20)15-18-11-13-21(14-12-18)31-17-19-7-3-1-4-8-19/h1-15H,16-17H2,(H,28,29)/b22-15-,26-25?. The molecule has 3 aromatic rings. The van der Waals surface area contributed by atoms with Crippen LogP contribution < -0.4 is 4.74 Å². The van der Waals surface area contributed by atoms with Gasteiger partial charge in [0, 0.05) is 0 Å². The molecule has 0 saturated carbocycles. The second-order valence-electron chi connectivity index (χ2n) is 6.97. The Morgan fingerprint density at radius 1 is 0.969 bits per heavy atom. The van der Waals surface area contributed by atoms with Crippen LogP contribution in [0.3, 0.4) is 0 Å². The molecule has 0 spiro atoms. The van der Waals surface area contributed by atoms with Crippen molar-refractivity contribution in [2.75, 3.05) is 6.54 Å². The van der Waals surface area contributed by atoms with E-state index < -0.39 is 12.5 Å². The lowest BCUT2D eigenvalue weighted by atomic mass is 10.2. The lowest BCUT2D eigenvalue weighted by molar-refractivity contribution is -0.140. The van der Waals surface area contributed by atoms with Gasteiger partial charge in [-0.05, 0) is 53.2 Å². The molecule has 0 radical (unpaired) electrons. The molecule has 0 aromatic heterocycles. The van der Waals surface area contributed by atoms with Crippen LogP contribution in [0, 0.1) is 0 Å². The van der Waals surface area contributed by atoms with Gasteiger partial charge in [-0.25, -0.2) is 4.99 Å². The maximum absolute atomic E-state index is 12.8. The monoisotopic (exact) mass is 444 g/mol. The van der Waals surface area contributed by atoms with Gasteiger partial charge in [-0.2, -0.15) is 0 Å². The Balaban J connectivity index is 1.50. The number of ether oxygens (including phenoxy) is 1. The first kappa shape index (κ1) is 21.4. The first-order valence-electron chi connectivity index (χ1n) is 9.92. The van der Waals surface area contributed by atoms with Crippen molar-refractivity contribution in [3.8, 4) is 5.75 Å². The van der Waals surface area contributed by atoms with Crippen molar-refractivity contribution < 1.29 is 19.4 Å². The Labute approximate surface area is 189 Å². The van der Waals surface area contributed by atoms with Crippen LogP contribution in [0.4, 0.5) is 5.69 Å². The number of nitrogens with zero attached hydrogens (tertiary/aromatic N) is 2. The Kier molecular flexibility index (Phi) is 6.67. The lowest BCUT2D eigenvalue weighted by Gasteiger charge is -2.12. The van der Waals surface area contributed by atoms with Crippen molar-refractivity contribution in [2.24, 2.45) is 4.99 Å². The van der Waals surface area contributed by atoms with E-state index in [2.05, 4.69) is 4.99 Å². The molecule has 1 aliphatic rings. The predicted molar refractivity (Wildman–Crippen MR) is 126 cm³/mol. The van der Waals surface area contributed by atoms with Crippen LogP contribution >= 0.6 is 11.8 Å². The smallest absolute Gasteiger partial charge is 0.323 e. The van der Waals surface area contributed by atoms with E-state index in [1.165, 1.54) is 4.90 Å². The normalized spacial score (nSPS) is 16.0. The minimum Gasteiger partial charge on any atom is -0.489 e. The number of amidine groups is 1. The molecule has 0 bridgehead atoms. The van der Waals surface area contributed by atoms with E-state index in [0.717, 1.165) is 28.6 Å². The molecule has 3 aromatic carbocycles. The zero-order valence-electron chi connectivity index (χ0n) is 17.0. The van der Waals surface area contributed by atoms with Crippen LogP contribution in [0.2, 0.25) is 0 Å². The number of carboxylic acid groups (broad SMARTS) is 1. The van der Waals surface area contributed by atoms with Crippen molar-refractivity contribution in [1.82, 2.24) is 4.90 Å². The summed E-state index contributed by atoms with van der Waals surface area (Å²) in [5.41, 5.74) is 2.54. The van der Waals surface area contributed by atoms with Crippen LogP contribution in [-0.4, -0.2) is 33.6 Å². The van der Waals surface area contributed by atoms with Crippen molar-refractivity contribution >= 4 is 40.6 Å². The number of benzene rings is 3. The summed E-state index contributed by atoms with van der Waals surface area (Å²) in [4.78, 5) is 30.2. The summed E-state index contributed by atoms with van der Waals surface area (Å²) in [5.74, 6) is -0.752. The quantitative estimate of drug-likeness (QED) is 0.522. The summed E-state index contributed by atoms with van der Waals surface area (Å²) in [6.45, 7) is 0.0280. The average Bonchev–Trinajstić information content (AvgIpc) is 3.08. The Morgan fingerprint density at radius 2 is 1.62 bits per heavy atom. The average molecular weight is 445 g/mol. The number of carboxylic acids is 1. The van der Waals surface area contributed by atoms with Crippen molar-refractivity contribution in [2.45, 2.75) is 6.61 Å². The number of aliphatic carboxylic acids is 1. The van der Waals surface area contributed by atoms with Gasteiger partial charge < -0.3 is 9.84 Å². The lowest BCUT2D eigenvalue weighted by Crippen LogP contribution is -2.34. The van der Waals surface area contributed by atoms with Gasteiger partial charge in [0.05, 0.1) is 10.6 Å². The fourth-order valence-electron chi connectivity index (χ4n) is 3.03. The summed E-state index contributed by atoms with van der Waals surface area (Å²) in [6.07, 6.45) is 1.73. The van der Waals surface area contributed by atoms with Gasteiger partial charge in [-0.15, -0.1) is 0 Å². The number of para-hydroxylation sites is 1. The van der Waals surface area contributed by atoms with Crippen LogP contribution in [0.15, 0.2) is 94.8 Å². The number of amides is 1. The van der Waals surface area contributed by atoms with E-state index in [1.807, 2.05) is 72.8 Å². The van der Waals surface area contributed by atoms with Gasteiger partial charge in [-0.1, -0.05) is 60.7 Å². The molecule has 0 unspecified atom stereocenters. The van der Waals surface area contributed by atoms with Crippen molar-refractivity contribution in [3.05, 3.63) is 101 Å². The fraction of sp³-hybridized carbons (Fsp3) is 0.0800. The third kappa shape index (κ3) is 5.44. The molecular weight excluding hydrogens is 424 g/mol. The van der Waals surface area contributed by atoms with Crippen molar-refractivity contribution in [1.29, 1.82) is 0 Å². The Bertz CT molecular complexity index is 1160. The molecule has 7 heteroatoms. The van der Waals surface area contributed by atoms with E-state index in [4.69, 9.17) is 4.74 Å². The Hall–Kier alpha value is -3.84. The number of carbonyl (C=O) groups is 2. The molecule has 0 atom stereocenters. The molecule has 32 heavy (non-hydrogen) atoms. The molecule has 1 amide bonds. The molecule has 0 aliphatic carbocycles. The van der Waals surface area contributed by atoms with E-state index in [1.54, 1.807) is 18.2 Å². The zero-order valence-corrected chi connectivity index (χ0v) is 17.9. The highest BCUT2D eigenvalue weighted by Crippen LogP contribution is 2.34. The van der Waals surface area contributed by atoms with Crippen LogP contribution in [-0.2, 0) is 16.2 Å². The highest BCUT2D eigenvalue weighted by molar-refractivity contribution is 8.18. The maximum atomic E-state index is 12.8. The predicted octanol–water partition coefficient (Wildman–Crippen LogP) is 4.95. The first-order valence-corrected chi connectivity index (χ1v) is 10.7. The molecule has 1 aliphatic heterocycles. The van der Waals surface area contributed by atoms with Crippen LogP contribution in [0.5, 0.6) is 5.75 Å². The number of rotatable bonds is 7. The Morgan fingerprint density at radius 3 is 2.28 bits per heavy atom. The molecule has 160 valence electrons. The van der Waals surface area contributed by atoms with Gasteiger partial charge in [-0.3, -0.25) is 14.5 Å². The summed E-state index contributed by atoms with van der Waals surface area (Å²) in [5, 5.41) is 9.57. The minimum atomic E-state index is -1.10. The highest BCUT2D eigenvalue weighted by Gasteiger charge is 2.34. The summed E-state index contributed by atoms with van der Waals surface area (Å²) >= 11 is 1.16. The molecule has 1 N–H and O–H groups in total. The second-order valence-corrected chi connectivity index (χ2v) is 7.98. The largest absolute Gasteiger partial charge is 0.489 e. The van der Waals surface area contributed by atoms with E-state index in [9.17, 15) is 14.7 Å². The molecule has 4 rings (SSSR count).